The van der Waals surface area contributed by atoms with Crippen molar-refractivity contribution < 1.29 is 18.0 Å². The number of aromatic nitrogens is 1. The van der Waals surface area contributed by atoms with Crippen LogP contribution in [-0.4, -0.2) is 17.4 Å². The molecule has 0 saturated carbocycles. The van der Waals surface area contributed by atoms with Crippen LogP contribution in [0.15, 0.2) is 10.9 Å². The number of nitrogens with one attached hydrogen (secondary N) is 2. The number of alkyl halides is 3. The fraction of sp³-hybridized carbons (Fsp3) is 0.400. The van der Waals surface area contributed by atoms with E-state index in [9.17, 15) is 22.8 Å². The highest BCUT2D eigenvalue weighted by molar-refractivity contribution is 5.93. The zero-order chi connectivity index (χ0) is 13.2. The SMILES string of the molecule is CCNC(=O)c1cc(C)c(C(F)(F)F)[nH]c1=O. The number of H-pyrrole nitrogens is 1. The number of rotatable bonds is 2. The van der Waals surface area contributed by atoms with Crippen LogP contribution < -0.4 is 10.9 Å². The average Bonchev–Trinajstić information content (AvgIpc) is 2.19. The molecule has 4 nitrogen and oxygen atoms in total. The predicted octanol–water partition coefficient (Wildman–Crippen LogP) is 1.45. The van der Waals surface area contributed by atoms with E-state index in [0.29, 0.717) is 6.54 Å². The molecule has 2 N–H and O–H groups in total. The lowest BCUT2D eigenvalue weighted by atomic mass is 10.1. The number of amides is 1. The second-order valence-electron chi connectivity index (χ2n) is 3.43. The maximum Gasteiger partial charge on any atom is 0.431 e. The number of hydrogen-bond donors (Lipinski definition) is 2. The van der Waals surface area contributed by atoms with Crippen molar-refractivity contribution in [2.24, 2.45) is 0 Å². The van der Waals surface area contributed by atoms with Gasteiger partial charge in [0.05, 0.1) is 0 Å². The zero-order valence-corrected chi connectivity index (χ0v) is 9.23. The lowest BCUT2D eigenvalue weighted by molar-refractivity contribution is -0.141. The molecule has 0 bridgehead atoms. The van der Waals surface area contributed by atoms with Crippen molar-refractivity contribution in [2.45, 2.75) is 20.0 Å². The number of carbonyl (C=O) groups is 1. The van der Waals surface area contributed by atoms with Crippen LogP contribution in [0.25, 0.3) is 0 Å². The topological polar surface area (TPSA) is 62.0 Å². The Bertz CT molecular complexity index is 491. The maximum absolute atomic E-state index is 12.4. The summed E-state index contributed by atoms with van der Waals surface area (Å²) in [7, 11) is 0. The van der Waals surface area contributed by atoms with Gasteiger partial charge in [-0.3, -0.25) is 9.59 Å². The van der Waals surface area contributed by atoms with Crippen LogP contribution in [0.2, 0.25) is 0 Å². The molecule has 17 heavy (non-hydrogen) atoms. The molecular formula is C10H11F3N2O2. The number of carbonyl (C=O) groups excluding carboxylic acids is 1. The van der Waals surface area contributed by atoms with Crippen molar-refractivity contribution in [3.05, 3.63) is 33.2 Å². The quantitative estimate of drug-likeness (QED) is 0.832. The third-order valence-electron chi connectivity index (χ3n) is 2.10. The van der Waals surface area contributed by atoms with Crippen LogP contribution in [0.5, 0.6) is 0 Å². The molecule has 0 aliphatic heterocycles. The molecular weight excluding hydrogens is 237 g/mol. The van der Waals surface area contributed by atoms with E-state index in [1.165, 1.54) is 6.92 Å². The Morgan fingerprint density at radius 1 is 1.47 bits per heavy atom. The summed E-state index contributed by atoms with van der Waals surface area (Å²) in [5, 5.41) is 2.35. The summed E-state index contributed by atoms with van der Waals surface area (Å²) in [6.07, 6.45) is -4.64. The number of aryl methyl sites for hydroxylation is 1. The zero-order valence-electron chi connectivity index (χ0n) is 9.23. The van der Waals surface area contributed by atoms with Gasteiger partial charge in [-0.1, -0.05) is 0 Å². The summed E-state index contributed by atoms with van der Waals surface area (Å²) in [5.74, 6) is -0.689. The molecule has 0 spiro atoms. The predicted molar refractivity (Wildman–Crippen MR) is 54.8 cm³/mol. The van der Waals surface area contributed by atoms with Gasteiger partial charge in [0.25, 0.3) is 11.5 Å². The van der Waals surface area contributed by atoms with E-state index in [1.807, 2.05) is 0 Å². The molecule has 0 aliphatic rings. The third-order valence-corrected chi connectivity index (χ3v) is 2.10. The van der Waals surface area contributed by atoms with Crippen LogP contribution in [0.4, 0.5) is 13.2 Å². The van der Waals surface area contributed by atoms with Crippen LogP contribution in [0, 0.1) is 6.92 Å². The van der Waals surface area contributed by atoms with Gasteiger partial charge in [-0.15, -0.1) is 0 Å². The van der Waals surface area contributed by atoms with Crippen LogP contribution >= 0.6 is 0 Å². The van der Waals surface area contributed by atoms with Gasteiger partial charge in [-0.2, -0.15) is 13.2 Å². The lowest BCUT2D eigenvalue weighted by Crippen LogP contribution is -2.31. The van der Waals surface area contributed by atoms with Crippen LogP contribution in [0.1, 0.15) is 28.5 Å². The summed E-state index contributed by atoms with van der Waals surface area (Å²) in [4.78, 5) is 24.4. The Morgan fingerprint density at radius 2 is 2.06 bits per heavy atom. The first-order valence-corrected chi connectivity index (χ1v) is 4.86. The summed E-state index contributed by atoms with van der Waals surface area (Å²) >= 11 is 0. The van der Waals surface area contributed by atoms with Gasteiger partial charge in [0.2, 0.25) is 0 Å². The van der Waals surface area contributed by atoms with E-state index in [2.05, 4.69) is 5.32 Å². The minimum atomic E-state index is -4.64. The minimum Gasteiger partial charge on any atom is -0.352 e. The standard InChI is InChI=1S/C10H11F3N2O2/c1-3-14-8(16)6-4-5(2)7(10(11,12)13)15-9(6)17/h4H,3H2,1-2H3,(H,14,16)(H,15,17). The summed E-state index contributed by atoms with van der Waals surface area (Å²) < 4.78 is 37.3. The lowest BCUT2D eigenvalue weighted by Gasteiger charge is -2.10. The number of hydrogen-bond acceptors (Lipinski definition) is 2. The van der Waals surface area contributed by atoms with Gasteiger partial charge in [0.1, 0.15) is 11.3 Å². The summed E-state index contributed by atoms with van der Waals surface area (Å²) in [5.41, 5.74) is -2.69. The average molecular weight is 248 g/mol. The highest BCUT2D eigenvalue weighted by Gasteiger charge is 2.34. The van der Waals surface area contributed by atoms with Crippen molar-refractivity contribution in [3.63, 3.8) is 0 Å². The molecule has 1 aromatic rings. The van der Waals surface area contributed by atoms with Gasteiger partial charge in [-0.05, 0) is 25.5 Å². The second-order valence-corrected chi connectivity index (χ2v) is 3.43. The molecule has 1 heterocycles. The highest BCUT2D eigenvalue weighted by Crippen LogP contribution is 2.29. The van der Waals surface area contributed by atoms with Gasteiger partial charge in [0.15, 0.2) is 0 Å². The van der Waals surface area contributed by atoms with E-state index in [-0.39, 0.29) is 11.1 Å². The summed E-state index contributed by atoms with van der Waals surface area (Å²) in [6, 6.07) is 0.937. The minimum absolute atomic E-state index is 0.196. The summed E-state index contributed by atoms with van der Waals surface area (Å²) in [6.45, 7) is 3.11. The van der Waals surface area contributed by atoms with Crippen LogP contribution in [0.3, 0.4) is 0 Å². The van der Waals surface area contributed by atoms with Crippen molar-refractivity contribution in [1.29, 1.82) is 0 Å². The Hall–Kier alpha value is -1.79. The number of halogens is 3. The van der Waals surface area contributed by atoms with E-state index in [4.69, 9.17) is 0 Å². The first-order chi connectivity index (χ1) is 7.77. The van der Waals surface area contributed by atoms with Gasteiger partial charge in [0, 0.05) is 6.54 Å². The Balaban J connectivity index is 3.29. The molecule has 0 atom stereocenters. The smallest absolute Gasteiger partial charge is 0.352 e. The Morgan fingerprint density at radius 3 is 2.53 bits per heavy atom. The molecule has 1 rings (SSSR count). The van der Waals surface area contributed by atoms with Crippen molar-refractivity contribution >= 4 is 5.91 Å². The normalized spacial score (nSPS) is 11.4. The molecule has 1 aromatic heterocycles. The second kappa shape index (κ2) is 4.60. The molecule has 1 amide bonds. The maximum atomic E-state index is 12.4. The molecule has 0 radical (unpaired) electrons. The number of aromatic amines is 1. The molecule has 0 saturated heterocycles. The molecule has 0 unspecified atom stereocenters. The molecule has 0 fully saturated rings. The van der Waals surface area contributed by atoms with E-state index >= 15 is 0 Å². The molecule has 7 heteroatoms. The largest absolute Gasteiger partial charge is 0.431 e. The number of pyridine rings is 1. The Labute approximate surface area is 94.8 Å². The van der Waals surface area contributed by atoms with Crippen molar-refractivity contribution in [1.82, 2.24) is 10.3 Å². The van der Waals surface area contributed by atoms with Gasteiger partial charge < -0.3 is 10.3 Å². The van der Waals surface area contributed by atoms with Crippen LogP contribution in [-0.2, 0) is 6.18 Å². The highest BCUT2D eigenvalue weighted by atomic mass is 19.4. The van der Waals surface area contributed by atoms with Crippen molar-refractivity contribution in [3.8, 4) is 0 Å². The van der Waals surface area contributed by atoms with E-state index in [0.717, 1.165) is 6.07 Å². The first-order valence-electron chi connectivity index (χ1n) is 4.86. The van der Waals surface area contributed by atoms with E-state index in [1.54, 1.807) is 11.9 Å². The van der Waals surface area contributed by atoms with E-state index < -0.39 is 23.3 Å². The molecule has 0 aliphatic carbocycles. The molecule has 0 aromatic carbocycles. The fourth-order valence-corrected chi connectivity index (χ4v) is 1.35. The third kappa shape index (κ3) is 2.86. The van der Waals surface area contributed by atoms with Gasteiger partial charge in [-0.25, -0.2) is 0 Å². The first kappa shape index (κ1) is 13.3. The van der Waals surface area contributed by atoms with Crippen molar-refractivity contribution in [2.75, 3.05) is 6.54 Å². The monoisotopic (exact) mass is 248 g/mol. The molecule has 94 valence electrons. The van der Waals surface area contributed by atoms with Gasteiger partial charge >= 0.3 is 6.18 Å². The Kier molecular flexibility index (Phi) is 3.59. The fourth-order valence-electron chi connectivity index (χ4n) is 1.35.